The van der Waals surface area contributed by atoms with E-state index in [-0.39, 0.29) is 29.9 Å². The van der Waals surface area contributed by atoms with Crippen LogP contribution in [0.2, 0.25) is 0 Å². The zero-order valence-electron chi connectivity index (χ0n) is 15.2. The standard InChI is InChI=1S/C21H27N3O.HI/c1-22-21(23-15-19-13-8-14-25-19)24-16-20(17-9-4-2-5-10-17)18-11-6-3-7-12-18;/h2-7,9-12,19-20H,8,13-16H2,1H3,(H2,22,23,24);1H. The van der Waals surface area contributed by atoms with Crippen molar-refractivity contribution in [2.75, 3.05) is 26.7 Å². The van der Waals surface area contributed by atoms with Gasteiger partial charge in [0.05, 0.1) is 6.10 Å². The van der Waals surface area contributed by atoms with Gasteiger partial charge in [-0.15, -0.1) is 24.0 Å². The lowest BCUT2D eigenvalue weighted by molar-refractivity contribution is 0.114. The van der Waals surface area contributed by atoms with Crippen LogP contribution in [0.4, 0.5) is 0 Å². The first-order valence-corrected chi connectivity index (χ1v) is 9.03. The Bertz CT molecular complexity index is 618. The summed E-state index contributed by atoms with van der Waals surface area (Å²) in [5.74, 6) is 1.11. The van der Waals surface area contributed by atoms with Crippen LogP contribution in [0.15, 0.2) is 65.7 Å². The molecule has 1 aliphatic rings. The maximum atomic E-state index is 5.67. The van der Waals surface area contributed by atoms with Crippen LogP contribution in [0.3, 0.4) is 0 Å². The molecule has 0 saturated carbocycles. The summed E-state index contributed by atoms with van der Waals surface area (Å²) in [6.45, 7) is 2.47. The summed E-state index contributed by atoms with van der Waals surface area (Å²) in [4.78, 5) is 4.35. The quantitative estimate of drug-likeness (QED) is 0.388. The first-order chi connectivity index (χ1) is 12.4. The highest BCUT2D eigenvalue weighted by molar-refractivity contribution is 14.0. The molecule has 0 radical (unpaired) electrons. The lowest BCUT2D eigenvalue weighted by Gasteiger charge is -2.21. The first kappa shape index (κ1) is 20.7. The Balaban J connectivity index is 0.00000243. The number of halogens is 1. The van der Waals surface area contributed by atoms with Crippen LogP contribution in [-0.4, -0.2) is 38.8 Å². The van der Waals surface area contributed by atoms with Gasteiger partial charge in [-0.2, -0.15) is 0 Å². The molecule has 2 aromatic rings. The Morgan fingerprint density at radius 3 is 2.15 bits per heavy atom. The molecule has 1 atom stereocenters. The minimum absolute atomic E-state index is 0. The zero-order valence-corrected chi connectivity index (χ0v) is 17.6. The SMILES string of the molecule is CN=C(NCC1CCCO1)NCC(c1ccccc1)c1ccccc1.I. The minimum atomic E-state index is 0. The van der Waals surface area contributed by atoms with E-state index in [1.54, 1.807) is 0 Å². The van der Waals surface area contributed by atoms with Crippen molar-refractivity contribution in [3.63, 3.8) is 0 Å². The largest absolute Gasteiger partial charge is 0.376 e. The topological polar surface area (TPSA) is 45.7 Å². The van der Waals surface area contributed by atoms with Gasteiger partial charge < -0.3 is 15.4 Å². The van der Waals surface area contributed by atoms with Crippen molar-refractivity contribution >= 4 is 29.9 Å². The van der Waals surface area contributed by atoms with Gasteiger partial charge in [0.2, 0.25) is 0 Å². The van der Waals surface area contributed by atoms with E-state index in [2.05, 4.69) is 76.3 Å². The van der Waals surface area contributed by atoms with Crippen LogP contribution in [0.1, 0.15) is 29.9 Å². The molecule has 2 aromatic carbocycles. The third-order valence-electron chi connectivity index (χ3n) is 4.62. The highest BCUT2D eigenvalue weighted by Gasteiger charge is 2.17. The first-order valence-electron chi connectivity index (χ1n) is 9.03. The summed E-state index contributed by atoms with van der Waals surface area (Å²) in [6.07, 6.45) is 2.58. The van der Waals surface area contributed by atoms with Gasteiger partial charge in [0.25, 0.3) is 0 Å². The smallest absolute Gasteiger partial charge is 0.191 e. The number of guanidine groups is 1. The Hall–Kier alpha value is -1.60. The third-order valence-corrected chi connectivity index (χ3v) is 4.62. The average molecular weight is 465 g/mol. The van der Waals surface area contributed by atoms with Gasteiger partial charge in [-0.1, -0.05) is 60.7 Å². The molecule has 0 aromatic heterocycles. The van der Waals surface area contributed by atoms with E-state index in [0.29, 0.717) is 6.10 Å². The fourth-order valence-electron chi connectivity index (χ4n) is 3.23. The number of aliphatic imine (C=N–C) groups is 1. The maximum Gasteiger partial charge on any atom is 0.191 e. The van der Waals surface area contributed by atoms with E-state index in [0.717, 1.165) is 38.5 Å². The zero-order chi connectivity index (χ0) is 17.3. The molecule has 1 fully saturated rings. The van der Waals surface area contributed by atoms with Gasteiger partial charge in [-0.25, -0.2) is 0 Å². The summed E-state index contributed by atoms with van der Waals surface area (Å²) >= 11 is 0. The van der Waals surface area contributed by atoms with Crippen LogP contribution in [0.25, 0.3) is 0 Å². The van der Waals surface area contributed by atoms with Crippen LogP contribution in [-0.2, 0) is 4.74 Å². The number of ether oxygens (including phenoxy) is 1. The van der Waals surface area contributed by atoms with Crippen LogP contribution >= 0.6 is 24.0 Å². The molecule has 1 aliphatic heterocycles. The van der Waals surface area contributed by atoms with Gasteiger partial charge in [0.1, 0.15) is 0 Å². The molecule has 0 spiro atoms. The number of hydrogen-bond donors (Lipinski definition) is 2. The average Bonchev–Trinajstić information content (AvgIpc) is 3.20. The van der Waals surface area contributed by atoms with Crippen LogP contribution in [0, 0.1) is 0 Å². The van der Waals surface area contributed by atoms with Gasteiger partial charge in [-0.3, -0.25) is 4.99 Å². The summed E-state index contributed by atoms with van der Waals surface area (Å²) in [5, 5.41) is 6.86. The molecule has 2 N–H and O–H groups in total. The predicted octanol–water partition coefficient (Wildman–Crippen LogP) is 3.78. The molecule has 4 nitrogen and oxygen atoms in total. The normalized spacial score (nSPS) is 17.0. The number of nitrogens with one attached hydrogen (secondary N) is 2. The molecule has 26 heavy (non-hydrogen) atoms. The minimum Gasteiger partial charge on any atom is -0.376 e. The molecular formula is C21H28IN3O. The third kappa shape index (κ3) is 5.99. The van der Waals surface area contributed by atoms with E-state index in [9.17, 15) is 0 Å². The van der Waals surface area contributed by atoms with E-state index in [1.807, 2.05) is 7.05 Å². The van der Waals surface area contributed by atoms with Crippen molar-refractivity contribution in [2.45, 2.75) is 24.9 Å². The molecule has 1 unspecified atom stereocenters. The Morgan fingerprint density at radius 1 is 1.04 bits per heavy atom. The fraction of sp³-hybridized carbons (Fsp3) is 0.381. The van der Waals surface area contributed by atoms with Crippen molar-refractivity contribution in [2.24, 2.45) is 4.99 Å². The van der Waals surface area contributed by atoms with Gasteiger partial charge in [0, 0.05) is 32.7 Å². The van der Waals surface area contributed by atoms with E-state index in [4.69, 9.17) is 4.74 Å². The fourth-order valence-corrected chi connectivity index (χ4v) is 3.23. The summed E-state index contributed by atoms with van der Waals surface area (Å²) in [7, 11) is 1.81. The van der Waals surface area contributed by atoms with E-state index < -0.39 is 0 Å². The van der Waals surface area contributed by atoms with Crippen molar-refractivity contribution in [3.8, 4) is 0 Å². The second-order valence-corrected chi connectivity index (χ2v) is 6.34. The van der Waals surface area contributed by atoms with Crippen molar-refractivity contribution < 1.29 is 4.74 Å². The van der Waals surface area contributed by atoms with E-state index >= 15 is 0 Å². The van der Waals surface area contributed by atoms with Crippen LogP contribution < -0.4 is 10.6 Å². The van der Waals surface area contributed by atoms with Crippen LogP contribution in [0.5, 0.6) is 0 Å². The van der Waals surface area contributed by atoms with Crippen molar-refractivity contribution in [1.82, 2.24) is 10.6 Å². The Morgan fingerprint density at radius 2 is 1.65 bits per heavy atom. The maximum absolute atomic E-state index is 5.67. The number of nitrogens with zero attached hydrogens (tertiary/aromatic N) is 1. The van der Waals surface area contributed by atoms with Gasteiger partial charge >= 0.3 is 0 Å². The highest BCUT2D eigenvalue weighted by Crippen LogP contribution is 2.23. The predicted molar refractivity (Wildman–Crippen MR) is 118 cm³/mol. The lowest BCUT2D eigenvalue weighted by Crippen LogP contribution is -2.42. The Labute approximate surface area is 173 Å². The number of hydrogen-bond acceptors (Lipinski definition) is 2. The molecule has 0 aliphatic carbocycles. The summed E-state index contributed by atoms with van der Waals surface area (Å²) < 4.78 is 5.67. The summed E-state index contributed by atoms with van der Waals surface area (Å²) in [5.41, 5.74) is 2.60. The van der Waals surface area contributed by atoms with Gasteiger partial charge in [-0.05, 0) is 24.0 Å². The molecular weight excluding hydrogens is 437 g/mol. The molecule has 0 amide bonds. The number of rotatable bonds is 6. The second-order valence-electron chi connectivity index (χ2n) is 6.34. The molecule has 1 heterocycles. The van der Waals surface area contributed by atoms with Gasteiger partial charge in [0.15, 0.2) is 5.96 Å². The molecule has 5 heteroatoms. The van der Waals surface area contributed by atoms with Crippen molar-refractivity contribution in [1.29, 1.82) is 0 Å². The number of benzene rings is 2. The Kier molecular flexibility index (Phi) is 8.91. The lowest BCUT2D eigenvalue weighted by atomic mass is 9.91. The molecule has 3 rings (SSSR count). The molecule has 0 bridgehead atoms. The second kappa shape index (κ2) is 11.2. The summed E-state index contributed by atoms with van der Waals surface area (Å²) in [6, 6.07) is 21.2. The van der Waals surface area contributed by atoms with E-state index in [1.165, 1.54) is 11.1 Å². The molecule has 140 valence electrons. The molecule has 1 saturated heterocycles. The highest BCUT2D eigenvalue weighted by atomic mass is 127. The van der Waals surface area contributed by atoms with Crippen molar-refractivity contribution in [3.05, 3.63) is 71.8 Å². The monoisotopic (exact) mass is 465 g/mol.